The van der Waals surface area contributed by atoms with E-state index in [-0.39, 0.29) is 0 Å². The van der Waals surface area contributed by atoms with E-state index >= 15 is 0 Å². The fourth-order valence-electron chi connectivity index (χ4n) is 3.56. The normalized spacial score (nSPS) is 11.6. The highest BCUT2D eigenvalue weighted by atomic mass is 14.0. The highest BCUT2D eigenvalue weighted by Gasteiger charge is 1.93. The molecule has 0 heteroatoms. The number of allylic oxidation sites excluding steroid dienone is 2. The number of hydrogen-bond acceptors (Lipinski definition) is 0. The lowest BCUT2D eigenvalue weighted by atomic mass is 10.0. The molecule has 0 radical (unpaired) electrons. The SMILES string of the molecule is CCCCCCCC/C=C/CCCCCCCCCCCCCCC. The van der Waals surface area contributed by atoms with E-state index in [1.54, 1.807) is 0 Å². The Bertz CT molecular complexity index is 240. The Labute approximate surface area is 161 Å². The molecule has 0 nitrogen and oxygen atoms in total. The van der Waals surface area contributed by atoms with Crippen LogP contribution in [0, 0.1) is 0 Å². The second-order valence-corrected chi connectivity index (χ2v) is 8.06. The Hall–Kier alpha value is -0.260. The van der Waals surface area contributed by atoms with Gasteiger partial charge in [0, 0.05) is 0 Å². The molecule has 0 aliphatic carbocycles. The van der Waals surface area contributed by atoms with E-state index in [4.69, 9.17) is 0 Å². The fraction of sp³-hybridized carbons (Fsp3) is 0.920. The molecule has 0 atom stereocenters. The first-order valence-electron chi connectivity index (χ1n) is 12.1. The van der Waals surface area contributed by atoms with E-state index < -0.39 is 0 Å². The van der Waals surface area contributed by atoms with Gasteiger partial charge in [0.2, 0.25) is 0 Å². The lowest BCUT2D eigenvalue weighted by Gasteiger charge is -2.02. The Kier molecular flexibility index (Phi) is 23.5. The van der Waals surface area contributed by atoms with Crippen LogP contribution in [0.25, 0.3) is 0 Å². The van der Waals surface area contributed by atoms with Gasteiger partial charge in [0.15, 0.2) is 0 Å². The van der Waals surface area contributed by atoms with Crippen molar-refractivity contribution in [3.63, 3.8) is 0 Å². The molecule has 0 aromatic rings. The molecule has 0 amide bonds. The van der Waals surface area contributed by atoms with Crippen molar-refractivity contribution in [2.24, 2.45) is 0 Å². The van der Waals surface area contributed by atoms with E-state index in [1.165, 1.54) is 135 Å². The lowest BCUT2D eigenvalue weighted by molar-refractivity contribution is 0.540. The molecule has 0 aliphatic heterocycles. The zero-order valence-corrected chi connectivity index (χ0v) is 18.0. The molecular formula is C25H50. The van der Waals surface area contributed by atoms with Crippen LogP contribution < -0.4 is 0 Å². The fourth-order valence-corrected chi connectivity index (χ4v) is 3.56. The Morgan fingerprint density at radius 3 is 0.840 bits per heavy atom. The Morgan fingerprint density at radius 2 is 0.560 bits per heavy atom. The van der Waals surface area contributed by atoms with Crippen LogP contribution in [0.5, 0.6) is 0 Å². The van der Waals surface area contributed by atoms with Crippen molar-refractivity contribution in [1.82, 2.24) is 0 Å². The van der Waals surface area contributed by atoms with Crippen molar-refractivity contribution < 1.29 is 0 Å². The van der Waals surface area contributed by atoms with Crippen molar-refractivity contribution in [3.8, 4) is 0 Å². The molecular weight excluding hydrogens is 300 g/mol. The van der Waals surface area contributed by atoms with Gasteiger partial charge in [-0.05, 0) is 25.7 Å². The van der Waals surface area contributed by atoms with Gasteiger partial charge in [0.25, 0.3) is 0 Å². The first-order valence-corrected chi connectivity index (χ1v) is 12.1. The van der Waals surface area contributed by atoms with Crippen LogP contribution in [0.4, 0.5) is 0 Å². The topological polar surface area (TPSA) is 0 Å². The van der Waals surface area contributed by atoms with Crippen LogP contribution >= 0.6 is 0 Å². The molecule has 0 N–H and O–H groups in total. The summed E-state index contributed by atoms with van der Waals surface area (Å²) in [6.45, 7) is 4.59. The third-order valence-electron chi connectivity index (χ3n) is 5.37. The van der Waals surface area contributed by atoms with Crippen LogP contribution in [0.15, 0.2) is 12.2 Å². The van der Waals surface area contributed by atoms with Crippen LogP contribution in [0.3, 0.4) is 0 Å². The minimum absolute atomic E-state index is 1.31. The Balaban J connectivity index is 3.03. The summed E-state index contributed by atoms with van der Waals surface area (Å²) in [7, 11) is 0. The summed E-state index contributed by atoms with van der Waals surface area (Å²) in [5.41, 5.74) is 0. The van der Waals surface area contributed by atoms with Gasteiger partial charge in [0.1, 0.15) is 0 Å². The van der Waals surface area contributed by atoms with Gasteiger partial charge in [-0.2, -0.15) is 0 Å². The highest BCUT2D eigenvalue weighted by molar-refractivity contribution is 4.81. The molecule has 0 fully saturated rings. The first kappa shape index (κ1) is 24.7. The Morgan fingerprint density at radius 1 is 0.320 bits per heavy atom. The molecule has 150 valence electrons. The summed E-state index contributed by atoms with van der Waals surface area (Å²) < 4.78 is 0. The lowest BCUT2D eigenvalue weighted by Crippen LogP contribution is -1.82. The third kappa shape index (κ3) is 23.7. The predicted molar refractivity (Wildman–Crippen MR) is 117 cm³/mol. The van der Waals surface area contributed by atoms with Gasteiger partial charge in [-0.3, -0.25) is 0 Å². The zero-order valence-electron chi connectivity index (χ0n) is 18.0. The van der Waals surface area contributed by atoms with Crippen molar-refractivity contribution in [2.45, 2.75) is 149 Å². The summed E-state index contributed by atoms with van der Waals surface area (Å²) in [6, 6.07) is 0. The van der Waals surface area contributed by atoms with Gasteiger partial charge in [-0.25, -0.2) is 0 Å². The van der Waals surface area contributed by atoms with Crippen LogP contribution in [0.1, 0.15) is 149 Å². The number of hydrogen-bond donors (Lipinski definition) is 0. The van der Waals surface area contributed by atoms with Gasteiger partial charge < -0.3 is 0 Å². The predicted octanol–water partition coefficient (Wildman–Crippen LogP) is 9.77. The molecule has 0 bridgehead atoms. The molecule has 0 rings (SSSR count). The van der Waals surface area contributed by atoms with E-state index in [9.17, 15) is 0 Å². The molecule has 0 unspecified atom stereocenters. The smallest absolute Gasteiger partial charge is 0.0351 e. The standard InChI is InChI=1S/C25H50/c1-3-5-7-9-11-13-15-17-19-21-23-25-24-22-20-18-16-14-12-10-8-6-4-2/h17,19H,3-16,18,20-25H2,1-2H3/b19-17+. The van der Waals surface area contributed by atoms with E-state index in [1.807, 2.05) is 0 Å². The van der Waals surface area contributed by atoms with Gasteiger partial charge >= 0.3 is 0 Å². The van der Waals surface area contributed by atoms with Gasteiger partial charge in [-0.15, -0.1) is 0 Å². The molecule has 0 aromatic heterocycles. The minimum Gasteiger partial charge on any atom is -0.0885 e. The largest absolute Gasteiger partial charge is 0.0885 e. The number of unbranched alkanes of at least 4 members (excludes halogenated alkanes) is 19. The highest BCUT2D eigenvalue weighted by Crippen LogP contribution is 2.13. The van der Waals surface area contributed by atoms with Crippen LogP contribution in [-0.2, 0) is 0 Å². The molecule has 0 saturated heterocycles. The maximum absolute atomic E-state index is 2.44. The molecule has 0 aliphatic rings. The van der Waals surface area contributed by atoms with E-state index in [0.717, 1.165) is 0 Å². The van der Waals surface area contributed by atoms with Crippen molar-refractivity contribution >= 4 is 0 Å². The van der Waals surface area contributed by atoms with E-state index in [0.29, 0.717) is 0 Å². The van der Waals surface area contributed by atoms with Crippen LogP contribution in [-0.4, -0.2) is 0 Å². The van der Waals surface area contributed by atoms with Gasteiger partial charge in [0.05, 0.1) is 0 Å². The molecule has 0 saturated carbocycles. The quantitative estimate of drug-likeness (QED) is 0.143. The van der Waals surface area contributed by atoms with Crippen molar-refractivity contribution in [2.75, 3.05) is 0 Å². The first-order chi connectivity index (χ1) is 12.4. The summed E-state index contributed by atoms with van der Waals surface area (Å²) in [5, 5.41) is 0. The van der Waals surface area contributed by atoms with Crippen molar-refractivity contribution in [3.05, 3.63) is 12.2 Å². The molecule has 0 spiro atoms. The minimum atomic E-state index is 1.31. The summed E-state index contributed by atoms with van der Waals surface area (Å²) in [5.74, 6) is 0. The zero-order chi connectivity index (χ0) is 18.3. The average Bonchev–Trinajstić information content (AvgIpc) is 2.63. The summed E-state index contributed by atoms with van der Waals surface area (Å²) in [6.07, 6.45) is 34.9. The second-order valence-electron chi connectivity index (χ2n) is 8.06. The summed E-state index contributed by atoms with van der Waals surface area (Å²) >= 11 is 0. The number of rotatable bonds is 21. The van der Waals surface area contributed by atoms with E-state index in [2.05, 4.69) is 26.0 Å². The second kappa shape index (κ2) is 23.7. The van der Waals surface area contributed by atoms with Gasteiger partial charge in [-0.1, -0.05) is 135 Å². The maximum atomic E-state index is 2.44. The molecule has 0 aromatic carbocycles. The summed E-state index contributed by atoms with van der Waals surface area (Å²) in [4.78, 5) is 0. The van der Waals surface area contributed by atoms with Crippen LogP contribution in [0.2, 0.25) is 0 Å². The molecule has 0 heterocycles. The monoisotopic (exact) mass is 350 g/mol. The van der Waals surface area contributed by atoms with Crippen molar-refractivity contribution in [1.29, 1.82) is 0 Å². The molecule has 25 heavy (non-hydrogen) atoms. The third-order valence-corrected chi connectivity index (χ3v) is 5.37. The maximum Gasteiger partial charge on any atom is -0.0351 e. The average molecular weight is 351 g/mol.